The summed E-state index contributed by atoms with van der Waals surface area (Å²) in [7, 11) is 5.12. The van der Waals surface area contributed by atoms with Gasteiger partial charge in [0.25, 0.3) is 0 Å². The molecule has 0 saturated carbocycles. The van der Waals surface area contributed by atoms with Crippen molar-refractivity contribution in [1.82, 2.24) is 4.90 Å². The van der Waals surface area contributed by atoms with E-state index in [0.717, 1.165) is 0 Å². The first-order valence-electron chi connectivity index (χ1n) is 3.45. The average Bonchev–Trinajstić information content (AvgIpc) is 1.99. The second-order valence-corrected chi connectivity index (χ2v) is 3.02. The van der Waals surface area contributed by atoms with Crippen LogP contribution in [0.2, 0.25) is 0 Å². The summed E-state index contributed by atoms with van der Waals surface area (Å²) in [4.78, 5) is 12.5. The number of esters is 1. The quantitative estimate of drug-likeness (QED) is 0.367. The molecule has 66 valence electrons. The minimum Gasteiger partial charge on any atom is -0.469 e. The smallest absolute Gasteiger partial charge is 0.305 e. The van der Waals surface area contributed by atoms with E-state index in [-0.39, 0.29) is 11.5 Å². The number of alkyl halides is 1. The molecule has 0 spiro atoms. The van der Waals surface area contributed by atoms with Crippen molar-refractivity contribution in [3.63, 3.8) is 0 Å². The van der Waals surface area contributed by atoms with E-state index >= 15 is 0 Å². The predicted molar refractivity (Wildman–Crippen MR) is 44.6 cm³/mol. The molecule has 0 N–H and O–H groups in total. The van der Waals surface area contributed by atoms with Gasteiger partial charge in [0.2, 0.25) is 0 Å². The van der Waals surface area contributed by atoms with Gasteiger partial charge in [-0.25, -0.2) is 0 Å². The van der Waals surface area contributed by atoms with Gasteiger partial charge in [-0.2, -0.15) is 0 Å². The molecular weight excluding hydrogens is 166 g/mol. The average molecular weight is 180 g/mol. The molecule has 0 saturated heterocycles. The Morgan fingerprint density at radius 2 is 2.18 bits per heavy atom. The number of halogens is 1. The zero-order chi connectivity index (χ0) is 8.85. The van der Waals surface area contributed by atoms with Gasteiger partial charge in [0, 0.05) is 6.42 Å². The highest BCUT2D eigenvalue weighted by atomic mass is 35.5. The van der Waals surface area contributed by atoms with Crippen molar-refractivity contribution in [3.8, 4) is 0 Å². The third-order valence-corrected chi connectivity index (χ3v) is 1.98. The molecule has 0 aromatic carbocycles. The van der Waals surface area contributed by atoms with Crippen LogP contribution < -0.4 is 0 Å². The number of hydrogen-bond acceptors (Lipinski definition) is 3. The van der Waals surface area contributed by atoms with Crippen LogP contribution in [0, 0.1) is 0 Å². The van der Waals surface area contributed by atoms with Crippen LogP contribution in [0.4, 0.5) is 0 Å². The predicted octanol–water partition coefficient (Wildman–Crippen LogP) is 1.07. The second kappa shape index (κ2) is 5.38. The molecule has 0 aliphatic rings. The zero-order valence-electron chi connectivity index (χ0n) is 7.13. The SMILES string of the molecule is COC(=O)CCC(Cl)N(C)C. The Bertz CT molecular complexity index is 128. The zero-order valence-corrected chi connectivity index (χ0v) is 7.89. The number of nitrogens with zero attached hydrogens (tertiary/aromatic N) is 1. The van der Waals surface area contributed by atoms with E-state index in [2.05, 4.69) is 4.74 Å². The Kier molecular flexibility index (Phi) is 5.24. The largest absolute Gasteiger partial charge is 0.469 e. The Morgan fingerprint density at radius 1 is 1.64 bits per heavy atom. The molecule has 0 aliphatic carbocycles. The van der Waals surface area contributed by atoms with Crippen molar-refractivity contribution in [3.05, 3.63) is 0 Å². The van der Waals surface area contributed by atoms with Crippen molar-refractivity contribution in [2.75, 3.05) is 21.2 Å². The summed E-state index contributed by atoms with van der Waals surface area (Å²) in [6, 6.07) is 0. The number of ether oxygens (including phenoxy) is 1. The summed E-state index contributed by atoms with van der Waals surface area (Å²) in [6.45, 7) is 0. The number of carbonyl (C=O) groups excluding carboxylic acids is 1. The lowest BCUT2D eigenvalue weighted by Crippen LogP contribution is -2.23. The highest BCUT2D eigenvalue weighted by Crippen LogP contribution is 2.07. The van der Waals surface area contributed by atoms with Crippen LogP contribution in [-0.4, -0.2) is 37.6 Å². The first-order chi connectivity index (χ1) is 5.07. The molecule has 0 fully saturated rings. The van der Waals surface area contributed by atoms with Crippen molar-refractivity contribution in [2.24, 2.45) is 0 Å². The van der Waals surface area contributed by atoms with E-state index in [1.807, 2.05) is 19.0 Å². The van der Waals surface area contributed by atoms with Crippen LogP contribution in [0.5, 0.6) is 0 Å². The monoisotopic (exact) mass is 179 g/mol. The molecule has 0 bridgehead atoms. The molecule has 0 rings (SSSR count). The van der Waals surface area contributed by atoms with Crippen LogP contribution in [-0.2, 0) is 9.53 Å². The van der Waals surface area contributed by atoms with Gasteiger partial charge in [-0.05, 0) is 20.5 Å². The summed E-state index contributed by atoms with van der Waals surface area (Å²) in [5.74, 6) is -0.211. The van der Waals surface area contributed by atoms with Crippen LogP contribution in [0.25, 0.3) is 0 Å². The van der Waals surface area contributed by atoms with Crippen molar-refractivity contribution in [1.29, 1.82) is 0 Å². The number of methoxy groups -OCH3 is 1. The molecule has 0 aromatic rings. The van der Waals surface area contributed by atoms with Crippen molar-refractivity contribution >= 4 is 17.6 Å². The minimum atomic E-state index is -0.211. The molecule has 3 nitrogen and oxygen atoms in total. The summed E-state index contributed by atoms with van der Waals surface area (Å²) in [6.07, 6.45) is 1.00. The van der Waals surface area contributed by atoms with Crippen LogP contribution in [0.3, 0.4) is 0 Å². The van der Waals surface area contributed by atoms with Crippen LogP contribution in [0.15, 0.2) is 0 Å². The van der Waals surface area contributed by atoms with Gasteiger partial charge in [-0.3, -0.25) is 9.69 Å². The summed E-state index contributed by atoms with van der Waals surface area (Å²) in [5, 5.41) is 0. The van der Waals surface area contributed by atoms with Gasteiger partial charge in [0.05, 0.1) is 12.6 Å². The van der Waals surface area contributed by atoms with E-state index in [1.54, 1.807) is 0 Å². The molecule has 0 radical (unpaired) electrons. The maximum Gasteiger partial charge on any atom is 0.305 e. The Morgan fingerprint density at radius 3 is 2.55 bits per heavy atom. The van der Waals surface area contributed by atoms with E-state index in [1.165, 1.54) is 7.11 Å². The van der Waals surface area contributed by atoms with E-state index < -0.39 is 0 Å². The van der Waals surface area contributed by atoms with Crippen LogP contribution in [0.1, 0.15) is 12.8 Å². The standard InChI is InChI=1S/C7H14ClNO2/c1-9(2)6(8)4-5-7(10)11-3/h6H,4-5H2,1-3H3. The lowest BCUT2D eigenvalue weighted by atomic mass is 10.3. The molecule has 1 unspecified atom stereocenters. The summed E-state index contributed by atoms with van der Waals surface area (Å²) in [5.41, 5.74) is -0.0888. The molecule has 0 heterocycles. The fraction of sp³-hybridized carbons (Fsp3) is 0.857. The van der Waals surface area contributed by atoms with Crippen molar-refractivity contribution in [2.45, 2.75) is 18.3 Å². The van der Waals surface area contributed by atoms with E-state index in [0.29, 0.717) is 12.8 Å². The maximum absolute atomic E-state index is 10.6. The summed E-state index contributed by atoms with van der Waals surface area (Å²) < 4.78 is 4.46. The fourth-order valence-electron chi connectivity index (χ4n) is 0.597. The maximum atomic E-state index is 10.6. The highest BCUT2D eigenvalue weighted by Gasteiger charge is 2.09. The van der Waals surface area contributed by atoms with E-state index in [4.69, 9.17) is 11.6 Å². The van der Waals surface area contributed by atoms with Gasteiger partial charge in [0.15, 0.2) is 0 Å². The third-order valence-electron chi connectivity index (χ3n) is 1.37. The molecule has 1 atom stereocenters. The molecule has 4 heteroatoms. The lowest BCUT2D eigenvalue weighted by Gasteiger charge is -2.16. The fourth-order valence-corrected chi connectivity index (χ4v) is 0.706. The molecule has 0 aromatic heterocycles. The van der Waals surface area contributed by atoms with Gasteiger partial charge < -0.3 is 4.74 Å². The van der Waals surface area contributed by atoms with Crippen LogP contribution >= 0.6 is 11.6 Å². The Labute approximate surface area is 72.3 Å². The number of hydrogen-bond donors (Lipinski definition) is 0. The Balaban J connectivity index is 3.45. The summed E-state index contributed by atoms with van der Waals surface area (Å²) >= 11 is 5.83. The first-order valence-corrected chi connectivity index (χ1v) is 3.89. The van der Waals surface area contributed by atoms with Crippen molar-refractivity contribution < 1.29 is 9.53 Å². The number of rotatable bonds is 4. The lowest BCUT2D eigenvalue weighted by molar-refractivity contribution is -0.140. The van der Waals surface area contributed by atoms with E-state index in [9.17, 15) is 4.79 Å². The molecule has 0 amide bonds. The normalized spacial score (nSPS) is 13.2. The minimum absolute atomic E-state index is 0.0888. The second-order valence-electron chi connectivity index (χ2n) is 2.51. The first kappa shape index (κ1) is 10.7. The third kappa shape index (κ3) is 5.04. The van der Waals surface area contributed by atoms with Gasteiger partial charge in [-0.1, -0.05) is 0 Å². The highest BCUT2D eigenvalue weighted by molar-refractivity contribution is 6.20. The molecule has 11 heavy (non-hydrogen) atoms. The number of carbonyl (C=O) groups is 1. The molecule has 0 aliphatic heterocycles. The van der Waals surface area contributed by atoms with Gasteiger partial charge >= 0.3 is 5.97 Å². The topological polar surface area (TPSA) is 29.5 Å². The Hall–Kier alpha value is -0.280. The molecular formula is C7H14ClNO2. The van der Waals surface area contributed by atoms with Gasteiger partial charge in [-0.15, -0.1) is 11.6 Å². The van der Waals surface area contributed by atoms with Gasteiger partial charge in [0.1, 0.15) is 0 Å².